The second kappa shape index (κ2) is 4.37. The molecular formula is C9H16I-. The fourth-order valence-corrected chi connectivity index (χ4v) is 3.63. The SMILES string of the molecule is C=C[I-]C1CCC(C)CC1. The first kappa shape index (κ1) is 8.57. The van der Waals surface area contributed by atoms with Crippen molar-refractivity contribution < 1.29 is 21.2 Å². The van der Waals surface area contributed by atoms with E-state index in [1.54, 1.807) is 0 Å². The minimum atomic E-state index is 0.351. The van der Waals surface area contributed by atoms with E-state index in [1.807, 2.05) is 0 Å². The molecular weight excluding hydrogens is 235 g/mol. The fourth-order valence-electron chi connectivity index (χ4n) is 1.47. The normalized spacial score (nSPS) is 34.1. The number of hydrogen-bond donors (Lipinski definition) is 0. The van der Waals surface area contributed by atoms with Crippen LogP contribution >= 0.6 is 0 Å². The summed E-state index contributed by atoms with van der Waals surface area (Å²) in [5.41, 5.74) is 0. The average molecular weight is 251 g/mol. The van der Waals surface area contributed by atoms with Gasteiger partial charge in [0.05, 0.1) is 0 Å². The van der Waals surface area contributed by atoms with Gasteiger partial charge in [0.25, 0.3) is 0 Å². The van der Waals surface area contributed by atoms with Gasteiger partial charge in [0.15, 0.2) is 0 Å². The summed E-state index contributed by atoms with van der Waals surface area (Å²) in [6.07, 6.45) is 5.91. The zero-order chi connectivity index (χ0) is 7.40. The van der Waals surface area contributed by atoms with E-state index < -0.39 is 0 Å². The van der Waals surface area contributed by atoms with Crippen molar-refractivity contribution in [1.29, 1.82) is 0 Å². The Hall–Kier alpha value is 0.470. The van der Waals surface area contributed by atoms with Gasteiger partial charge in [-0.3, -0.25) is 0 Å². The Kier molecular flexibility index (Phi) is 3.74. The van der Waals surface area contributed by atoms with Crippen molar-refractivity contribution in [3.63, 3.8) is 0 Å². The van der Waals surface area contributed by atoms with Crippen LogP contribution in [0, 0.1) is 5.92 Å². The molecule has 1 aliphatic rings. The van der Waals surface area contributed by atoms with Gasteiger partial charge in [-0.05, 0) is 0 Å². The molecule has 0 nitrogen and oxygen atoms in total. The minimum absolute atomic E-state index is 0.351. The molecule has 60 valence electrons. The zero-order valence-corrected chi connectivity index (χ0v) is 8.80. The van der Waals surface area contributed by atoms with Crippen LogP contribution in [0.25, 0.3) is 0 Å². The van der Waals surface area contributed by atoms with Crippen LogP contribution in [0.4, 0.5) is 0 Å². The van der Waals surface area contributed by atoms with Crippen LogP contribution in [0.15, 0.2) is 10.7 Å². The van der Waals surface area contributed by atoms with E-state index in [1.165, 1.54) is 25.7 Å². The van der Waals surface area contributed by atoms with E-state index >= 15 is 0 Å². The topological polar surface area (TPSA) is 0 Å². The first-order chi connectivity index (χ1) is 4.83. The average Bonchev–Trinajstić information content (AvgIpc) is 1.95. The predicted molar refractivity (Wildman–Crippen MR) is 41.6 cm³/mol. The first-order valence-corrected chi connectivity index (χ1v) is 6.55. The van der Waals surface area contributed by atoms with Crippen LogP contribution in [-0.4, -0.2) is 3.92 Å². The molecule has 0 amide bonds. The molecule has 1 saturated carbocycles. The molecule has 1 fully saturated rings. The third kappa shape index (κ3) is 2.60. The molecule has 1 aliphatic carbocycles. The summed E-state index contributed by atoms with van der Waals surface area (Å²) in [6, 6.07) is 0. The summed E-state index contributed by atoms with van der Waals surface area (Å²) in [7, 11) is 0. The molecule has 0 radical (unpaired) electrons. The summed E-state index contributed by atoms with van der Waals surface area (Å²) in [5.74, 6) is 1.00. The molecule has 0 saturated heterocycles. The molecule has 0 aromatic heterocycles. The van der Waals surface area contributed by atoms with Crippen LogP contribution < -0.4 is 21.2 Å². The molecule has 0 aliphatic heterocycles. The third-order valence-electron chi connectivity index (χ3n) is 2.21. The van der Waals surface area contributed by atoms with Crippen molar-refractivity contribution in [2.45, 2.75) is 36.5 Å². The van der Waals surface area contributed by atoms with Gasteiger partial charge in [-0.2, -0.15) is 0 Å². The van der Waals surface area contributed by atoms with Crippen LogP contribution in [0.1, 0.15) is 32.6 Å². The van der Waals surface area contributed by atoms with Gasteiger partial charge in [0.1, 0.15) is 0 Å². The van der Waals surface area contributed by atoms with E-state index in [4.69, 9.17) is 0 Å². The predicted octanol–water partition coefficient (Wildman–Crippen LogP) is -0.202. The number of hydrogen-bond acceptors (Lipinski definition) is 0. The number of rotatable bonds is 2. The summed E-state index contributed by atoms with van der Waals surface area (Å²) in [5, 5.41) is 0. The van der Waals surface area contributed by atoms with Crippen molar-refractivity contribution in [2.75, 3.05) is 0 Å². The zero-order valence-electron chi connectivity index (χ0n) is 6.65. The molecule has 0 aromatic carbocycles. The molecule has 0 atom stereocenters. The van der Waals surface area contributed by atoms with E-state index in [9.17, 15) is 0 Å². The van der Waals surface area contributed by atoms with Crippen LogP contribution in [0.5, 0.6) is 0 Å². The van der Waals surface area contributed by atoms with Crippen molar-refractivity contribution in [2.24, 2.45) is 5.92 Å². The quantitative estimate of drug-likeness (QED) is 0.471. The second-order valence-corrected chi connectivity index (χ2v) is 6.50. The molecule has 1 heteroatoms. The Morgan fingerprint density at radius 1 is 1.30 bits per heavy atom. The molecule has 0 aromatic rings. The maximum atomic E-state index is 3.82. The van der Waals surface area contributed by atoms with Gasteiger partial charge in [-0.1, -0.05) is 0 Å². The van der Waals surface area contributed by atoms with Gasteiger partial charge in [-0.25, -0.2) is 0 Å². The van der Waals surface area contributed by atoms with Crippen LogP contribution in [0.3, 0.4) is 0 Å². The Labute approximate surface area is 74.3 Å². The van der Waals surface area contributed by atoms with Crippen LogP contribution in [0.2, 0.25) is 0 Å². The molecule has 0 unspecified atom stereocenters. The van der Waals surface area contributed by atoms with E-state index in [-0.39, 0.29) is 0 Å². The van der Waals surface area contributed by atoms with Gasteiger partial charge < -0.3 is 0 Å². The standard InChI is InChI=1S/C9H16I/c1-3-10-9-6-4-8(2)5-7-9/h3,8-9H,1,4-7H2,2H3/q-1. The Morgan fingerprint density at radius 2 is 1.90 bits per heavy atom. The molecule has 0 N–H and O–H groups in total. The fraction of sp³-hybridized carbons (Fsp3) is 0.778. The van der Waals surface area contributed by atoms with Crippen molar-refractivity contribution in [3.8, 4) is 0 Å². The van der Waals surface area contributed by atoms with E-state index in [0.717, 1.165) is 9.84 Å². The first-order valence-electron chi connectivity index (χ1n) is 4.06. The van der Waals surface area contributed by atoms with Gasteiger partial charge >= 0.3 is 74.3 Å². The summed E-state index contributed by atoms with van der Waals surface area (Å²) < 4.78 is 3.26. The molecule has 0 bridgehead atoms. The molecule has 0 spiro atoms. The second-order valence-electron chi connectivity index (χ2n) is 3.14. The Morgan fingerprint density at radius 3 is 2.40 bits per heavy atom. The van der Waals surface area contributed by atoms with Crippen LogP contribution in [-0.2, 0) is 0 Å². The Balaban J connectivity index is 2.19. The summed E-state index contributed by atoms with van der Waals surface area (Å²) in [4.78, 5) is 0. The van der Waals surface area contributed by atoms with Crippen molar-refractivity contribution >= 4 is 0 Å². The molecule has 10 heavy (non-hydrogen) atoms. The third-order valence-corrected chi connectivity index (χ3v) is 4.98. The maximum absolute atomic E-state index is 3.82. The molecule has 0 heterocycles. The Bertz CT molecular complexity index is 101. The molecule has 1 rings (SSSR count). The van der Waals surface area contributed by atoms with Crippen molar-refractivity contribution in [1.82, 2.24) is 0 Å². The number of alkyl halides is 1. The summed E-state index contributed by atoms with van der Waals surface area (Å²) >= 11 is 0.351. The van der Waals surface area contributed by atoms with E-state index in [0.29, 0.717) is 21.2 Å². The monoisotopic (exact) mass is 251 g/mol. The number of halogens is 1. The van der Waals surface area contributed by atoms with Gasteiger partial charge in [0.2, 0.25) is 0 Å². The van der Waals surface area contributed by atoms with Gasteiger partial charge in [-0.15, -0.1) is 0 Å². The van der Waals surface area contributed by atoms with Crippen molar-refractivity contribution in [3.05, 3.63) is 10.7 Å². The van der Waals surface area contributed by atoms with E-state index in [2.05, 4.69) is 17.6 Å². The van der Waals surface area contributed by atoms with Gasteiger partial charge in [0, 0.05) is 0 Å². The summed E-state index contributed by atoms with van der Waals surface area (Å²) in [6.45, 7) is 6.20.